The van der Waals surface area contributed by atoms with Crippen molar-refractivity contribution >= 4 is 17.5 Å². The molecule has 3 aliphatic rings. The number of hydrogen-bond acceptors (Lipinski definition) is 4. The van der Waals surface area contributed by atoms with Crippen LogP contribution in [0.3, 0.4) is 0 Å². The van der Waals surface area contributed by atoms with Crippen molar-refractivity contribution in [3.8, 4) is 0 Å². The van der Waals surface area contributed by atoms with Crippen LogP contribution in [0.25, 0.3) is 0 Å². The van der Waals surface area contributed by atoms with Gasteiger partial charge in [-0.15, -0.1) is 0 Å². The number of rotatable bonds is 6. The first-order valence-corrected chi connectivity index (χ1v) is 13.6. The smallest absolute Gasteiger partial charge is 0.254 e. The van der Waals surface area contributed by atoms with Crippen molar-refractivity contribution < 1.29 is 14.0 Å². The van der Waals surface area contributed by atoms with Crippen molar-refractivity contribution in [3.63, 3.8) is 0 Å². The number of halogens is 1. The van der Waals surface area contributed by atoms with Gasteiger partial charge in [-0.25, -0.2) is 4.39 Å². The molecule has 3 aliphatic heterocycles. The van der Waals surface area contributed by atoms with Gasteiger partial charge in [-0.05, 0) is 54.3 Å². The molecule has 1 N–H and O–H groups in total. The standard InChI is InChI=1S/C31H33FN4O2/c32-26-12-5-6-13-27(26)35-20-18-34(19-21-35)16-7-15-33-30(37)28-24-10-3-4-11-25(24)31(38)36-17-14-22-8-1-2-9-23(22)29(28)36/h1-6,8-13,28-29H,7,14-21H2,(H,33,37)/t28-,29-/m1/s1. The van der Waals surface area contributed by atoms with Crippen molar-refractivity contribution in [1.82, 2.24) is 15.1 Å². The van der Waals surface area contributed by atoms with Crippen molar-refractivity contribution in [1.29, 1.82) is 0 Å². The van der Waals surface area contributed by atoms with Crippen LogP contribution < -0.4 is 10.2 Å². The van der Waals surface area contributed by atoms with Gasteiger partial charge in [-0.3, -0.25) is 14.5 Å². The first kappa shape index (κ1) is 24.6. The molecule has 196 valence electrons. The van der Waals surface area contributed by atoms with Crippen LogP contribution in [0.1, 0.15) is 45.4 Å². The third kappa shape index (κ3) is 4.56. The predicted molar refractivity (Wildman–Crippen MR) is 146 cm³/mol. The fourth-order valence-electron chi connectivity index (χ4n) is 6.30. The highest BCUT2D eigenvalue weighted by Gasteiger charge is 2.46. The van der Waals surface area contributed by atoms with Crippen LogP contribution in [0.15, 0.2) is 72.8 Å². The van der Waals surface area contributed by atoms with E-state index in [-0.39, 0.29) is 23.7 Å². The van der Waals surface area contributed by atoms with Gasteiger partial charge >= 0.3 is 0 Å². The lowest BCUT2D eigenvalue weighted by Gasteiger charge is -2.45. The van der Waals surface area contributed by atoms with Gasteiger partial charge in [0.05, 0.1) is 17.6 Å². The summed E-state index contributed by atoms with van der Waals surface area (Å²) in [5.74, 6) is -0.622. The molecule has 0 bridgehead atoms. The number of fused-ring (bicyclic) bond motifs is 4. The molecule has 7 heteroatoms. The fourth-order valence-corrected chi connectivity index (χ4v) is 6.30. The van der Waals surface area contributed by atoms with Gasteiger partial charge in [0.2, 0.25) is 5.91 Å². The minimum atomic E-state index is -0.435. The Balaban J connectivity index is 1.09. The van der Waals surface area contributed by atoms with E-state index < -0.39 is 5.92 Å². The summed E-state index contributed by atoms with van der Waals surface area (Å²) < 4.78 is 14.1. The minimum Gasteiger partial charge on any atom is -0.367 e. The van der Waals surface area contributed by atoms with E-state index in [1.807, 2.05) is 53.4 Å². The molecule has 6 nitrogen and oxygen atoms in total. The molecule has 2 amide bonds. The second-order valence-corrected chi connectivity index (χ2v) is 10.4. The van der Waals surface area contributed by atoms with E-state index >= 15 is 0 Å². The number of piperazine rings is 1. The molecule has 0 aromatic heterocycles. The van der Waals surface area contributed by atoms with Crippen LogP contribution >= 0.6 is 0 Å². The summed E-state index contributed by atoms with van der Waals surface area (Å²) >= 11 is 0. The lowest BCUT2D eigenvalue weighted by Crippen LogP contribution is -2.50. The molecule has 3 heterocycles. The topological polar surface area (TPSA) is 55.9 Å². The molecule has 0 aliphatic carbocycles. The monoisotopic (exact) mass is 512 g/mol. The SMILES string of the molecule is O=C(NCCCN1CCN(c2ccccc2F)CC1)[C@@H]1c2ccccc2C(=O)N2CCc3ccccc3[C@H]12. The third-order valence-corrected chi connectivity index (χ3v) is 8.23. The van der Waals surface area contributed by atoms with Crippen molar-refractivity contribution in [3.05, 3.63) is 101 Å². The van der Waals surface area contributed by atoms with Crippen LogP contribution in [-0.4, -0.2) is 67.4 Å². The fraction of sp³-hybridized carbons (Fsp3) is 0.355. The average Bonchev–Trinajstić information content (AvgIpc) is 2.96. The number of hydrogen-bond donors (Lipinski definition) is 1. The summed E-state index contributed by atoms with van der Waals surface area (Å²) in [6, 6.07) is 22.4. The van der Waals surface area contributed by atoms with Crippen LogP contribution in [-0.2, 0) is 11.2 Å². The third-order valence-electron chi connectivity index (χ3n) is 8.23. The highest BCUT2D eigenvalue weighted by molar-refractivity contribution is 6.01. The second kappa shape index (κ2) is 10.6. The molecule has 0 saturated carbocycles. The summed E-state index contributed by atoms with van der Waals surface area (Å²) in [4.78, 5) is 33.4. The van der Waals surface area contributed by atoms with Crippen LogP contribution in [0.4, 0.5) is 10.1 Å². The Morgan fingerprint density at radius 1 is 0.868 bits per heavy atom. The Hall–Kier alpha value is -3.71. The van der Waals surface area contributed by atoms with E-state index in [0.29, 0.717) is 24.3 Å². The zero-order valence-corrected chi connectivity index (χ0v) is 21.5. The van der Waals surface area contributed by atoms with E-state index in [9.17, 15) is 14.0 Å². The van der Waals surface area contributed by atoms with Crippen molar-refractivity contribution in [2.75, 3.05) is 50.7 Å². The van der Waals surface area contributed by atoms with E-state index in [2.05, 4.69) is 27.2 Å². The zero-order chi connectivity index (χ0) is 26.1. The Morgan fingerprint density at radius 3 is 2.39 bits per heavy atom. The lowest BCUT2D eigenvalue weighted by atomic mass is 9.76. The Morgan fingerprint density at radius 2 is 1.58 bits per heavy atom. The summed E-state index contributed by atoms with van der Waals surface area (Å²) in [6.45, 7) is 5.39. The van der Waals surface area contributed by atoms with Gasteiger partial charge in [0.25, 0.3) is 5.91 Å². The number of benzene rings is 3. The molecular formula is C31H33FN4O2. The molecule has 0 spiro atoms. The van der Waals surface area contributed by atoms with Crippen LogP contribution in [0.5, 0.6) is 0 Å². The Labute approximate surface area is 223 Å². The maximum atomic E-state index is 14.1. The maximum absolute atomic E-state index is 14.1. The first-order valence-electron chi connectivity index (χ1n) is 13.6. The van der Waals surface area contributed by atoms with Gasteiger partial charge in [0.15, 0.2) is 0 Å². The van der Waals surface area contributed by atoms with Crippen LogP contribution in [0, 0.1) is 5.82 Å². The molecule has 1 saturated heterocycles. The van der Waals surface area contributed by atoms with E-state index in [0.717, 1.165) is 56.7 Å². The lowest BCUT2D eigenvalue weighted by molar-refractivity contribution is -0.124. The van der Waals surface area contributed by atoms with Crippen molar-refractivity contribution in [2.24, 2.45) is 0 Å². The maximum Gasteiger partial charge on any atom is 0.254 e. The van der Waals surface area contributed by atoms with E-state index in [1.165, 1.54) is 11.6 Å². The highest BCUT2D eigenvalue weighted by Crippen LogP contribution is 2.45. The number of carbonyl (C=O) groups excluding carboxylic acids is 2. The molecule has 1 fully saturated rings. The number of para-hydroxylation sites is 1. The zero-order valence-electron chi connectivity index (χ0n) is 21.5. The molecule has 3 aromatic carbocycles. The molecule has 6 rings (SSSR count). The van der Waals surface area contributed by atoms with Gasteiger partial charge < -0.3 is 15.1 Å². The molecule has 2 atom stereocenters. The number of nitrogens with one attached hydrogen (secondary N) is 1. The highest BCUT2D eigenvalue weighted by atomic mass is 19.1. The first-order chi connectivity index (χ1) is 18.6. The summed E-state index contributed by atoms with van der Waals surface area (Å²) in [6.07, 6.45) is 1.64. The average molecular weight is 513 g/mol. The summed E-state index contributed by atoms with van der Waals surface area (Å²) in [5, 5.41) is 3.19. The normalized spacial score (nSPS) is 20.9. The number of amides is 2. The number of carbonyl (C=O) groups is 2. The molecule has 0 radical (unpaired) electrons. The summed E-state index contributed by atoms with van der Waals surface area (Å²) in [7, 11) is 0. The number of anilines is 1. The van der Waals surface area contributed by atoms with Gasteiger partial charge in [-0.2, -0.15) is 0 Å². The Bertz CT molecular complexity index is 1340. The van der Waals surface area contributed by atoms with Gasteiger partial charge in [0, 0.05) is 44.8 Å². The van der Waals surface area contributed by atoms with Crippen molar-refractivity contribution in [2.45, 2.75) is 24.8 Å². The predicted octanol–water partition coefficient (Wildman–Crippen LogP) is 3.99. The summed E-state index contributed by atoms with van der Waals surface area (Å²) in [5.41, 5.74) is 4.42. The molecular weight excluding hydrogens is 479 g/mol. The molecule has 0 unspecified atom stereocenters. The largest absolute Gasteiger partial charge is 0.367 e. The van der Waals surface area contributed by atoms with Gasteiger partial charge in [-0.1, -0.05) is 54.6 Å². The molecule has 3 aromatic rings. The van der Waals surface area contributed by atoms with Crippen LogP contribution in [0.2, 0.25) is 0 Å². The van der Waals surface area contributed by atoms with Gasteiger partial charge in [0.1, 0.15) is 5.82 Å². The van der Waals surface area contributed by atoms with E-state index in [4.69, 9.17) is 0 Å². The Kier molecular flexibility index (Phi) is 6.85. The quantitative estimate of drug-likeness (QED) is 0.508. The second-order valence-electron chi connectivity index (χ2n) is 10.4. The minimum absolute atomic E-state index is 0.0127. The van der Waals surface area contributed by atoms with E-state index in [1.54, 1.807) is 6.07 Å². The number of nitrogens with zero attached hydrogens (tertiary/aromatic N) is 3. The molecule has 38 heavy (non-hydrogen) atoms.